The number of benzene rings is 3. The van der Waals surface area contributed by atoms with Gasteiger partial charge in [0.1, 0.15) is 11.5 Å². The predicted octanol–water partition coefficient (Wildman–Crippen LogP) is 5.07. The maximum Gasteiger partial charge on any atom is 0.251 e. The fourth-order valence-electron chi connectivity index (χ4n) is 3.40. The molecule has 1 amide bonds. The van der Waals surface area contributed by atoms with E-state index in [-0.39, 0.29) is 5.91 Å². The highest BCUT2D eigenvalue weighted by Crippen LogP contribution is 2.26. The van der Waals surface area contributed by atoms with Crippen LogP contribution in [0.15, 0.2) is 65.7 Å². The van der Waals surface area contributed by atoms with Crippen LogP contribution in [0.4, 0.5) is 0 Å². The number of nitrogens with zero attached hydrogens (tertiary/aromatic N) is 1. The molecule has 0 atom stereocenters. The van der Waals surface area contributed by atoms with Crippen LogP contribution in [0, 0.1) is 6.92 Å². The molecule has 0 spiro atoms. The third-order valence-electron chi connectivity index (χ3n) is 5.02. The Hall–Kier alpha value is -3.22. The quantitative estimate of drug-likeness (QED) is 0.439. The summed E-state index contributed by atoms with van der Waals surface area (Å²) >= 11 is 12.1. The second-order valence-electron chi connectivity index (χ2n) is 7.73. The Morgan fingerprint density at radius 2 is 1.88 bits per heavy atom. The summed E-state index contributed by atoms with van der Waals surface area (Å²) in [5, 5.41) is 10.3. The summed E-state index contributed by atoms with van der Waals surface area (Å²) in [6, 6.07) is 18.6. The molecule has 0 aromatic heterocycles. The van der Waals surface area contributed by atoms with Crippen molar-refractivity contribution < 1.29 is 9.53 Å². The van der Waals surface area contributed by atoms with Gasteiger partial charge in [0.25, 0.3) is 5.91 Å². The average Bonchev–Trinajstić information content (AvgIpc) is 3.32. The molecular weight excluding hydrogens is 459 g/mol. The topological polar surface area (TPSA) is 74.8 Å². The zero-order valence-corrected chi connectivity index (χ0v) is 19.6. The van der Waals surface area contributed by atoms with E-state index in [1.54, 1.807) is 18.2 Å². The van der Waals surface area contributed by atoms with Crippen molar-refractivity contribution in [3.8, 4) is 11.5 Å². The Labute approximate surface area is 203 Å². The Morgan fingerprint density at radius 3 is 2.64 bits per heavy atom. The molecule has 1 aliphatic heterocycles. The molecule has 4 rings (SSSR count). The molecule has 3 N–H and O–H groups in total. The van der Waals surface area contributed by atoms with Gasteiger partial charge in [-0.25, -0.2) is 0 Å². The Balaban J connectivity index is 1.52. The van der Waals surface area contributed by atoms with Crippen LogP contribution in [-0.2, 0) is 13.1 Å². The first kappa shape index (κ1) is 23.0. The van der Waals surface area contributed by atoms with Gasteiger partial charge in [-0.05, 0) is 66.1 Å². The fourth-order valence-corrected chi connectivity index (χ4v) is 3.72. The van der Waals surface area contributed by atoms with Gasteiger partial charge in [-0.3, -0.25) is 9.79 Å². The highest BCUT2D eigenvalue weighted by atomic mass is 35.5. The van der Waals surface area contributed by atoms with Crippen LogP contribution in [0.2, 0.25) is 10.0 Å². The van der Waals surface area contributed by atoms with Crippen LogP contribution in [-0.4, -0.2) is 25.0 Å². The number of aliphatic imine (C=N–C) groups is 1. The summed E-state index contributed by atoms with van der Waals surface area (Å²) in [6.45, 7) is 4.41. The number of aryl methyl sites for hydroxylation is 1. The summed E-state index contributed by atoms with van der Waals surface area (Å²) in [6.07, 6.45) is 0. The number of ether oxygens (including phenoxy) is 1. The lowest BCUT2D eigenvalue weighted by Gasteiger charge is -2.13. The van der Waals surface area contributed by atoms with Crippen LogP contribution < -0.4 is 20.7 Å². The van der Waals surface area contributed by atoms with Crippen molar-refractivity contribution in [2.24, 2.45) is 4.99 Å². The number of hydrogen-bond donors (Lipinski definition) is 3. The highest BCUT2D eigenvalue weighted by Gasteiger charge is 2.12. The molecule has 0 unspecified atom stereocenters. The summed E-state index contributed by atoms with van der Waals surface area (Å²) < 4.78 is 6.07. The molecule has 0 bridgehead atoms. The van der Waals surface area contributed by atoms with E-state index in [1.165, 1.54) is 0 Å². The van der Waals surface area contributed by atoms with E-state index < -0.39 is 0 Å². The fraction of sp³-hybridized carbons (Fsp3) is 0.200. The zero-order valence-electron chi connectivity index (χ0n) is 18.1. The highest BCUT2D eigenvalue weighted by molar-refractivity contribution is 6.42. The number of hydrogen-bond acceptors (Lipinski definition) is 5. The SMILES string of the molecule is Cc1cccc(Oc2cc(CNC3=NCCN3)cc(C(=O)NCc3ccc(Cl)c(Cl)c3)c2)c1. The molecular formula is C25H24Cl2N4O2. The van der Waals surface area contributed by atoms with Gasteiger partial charge in [-0.2, -0.15) is 0 Å². The lowest BCUT2D eigenvalue weighted by atomic mass is 10.1. The number of carbonyl (C=O) groups excluding carboxylic acids is 1. The van der Waals surface area contributed by atoms with Crippen LogP contribution in [0.5, 0.6) is 11.5 Å². The molecule has 0 saturated carbocycles. The maximum absolute atomic E-state index is 13.0. The lowest BCUT2D eigenvalue weighted by Crippen LogP contribution is -2.33. The first-order chi connectivity index (χ1) is 16.0. The summed E-state index contributed by atoms with van der Waals surface area (Å²) in [5.41, 5.74) is 3.35. The van der Waals surface area contributed by atoms with Gasteiger partial charge < -0.3 is 20.7 Å². The number of nitrogens with one attached hydrogen (secondary N) is 3. The van der Waals surface area contributed by atoms with Crippen molar-refractivity contribution in [2.75, 3.05) is 13.1 Å². The molecule has 1 aliphatic rings. The Morgan fingerprint density at radius 1 is 1.00 bits per heavy atom. The van der Waals surface area contributed by atoms with Crippen molar-refractivity contribution in [1.29, 1.82) is 0 Å². The summed E-state index contributed by atoms with van der Waals surface area (Å²) in [5.74, 6) is 1.84. The summed E-state index contributed by atoms with van der Waals surface area (Å²) in [7, 11) is 0. The zero-order chi connectivity index (χ0) is 23.2. The van der Waals surface area contributed by atoms with E-state index in [1.807, 2.05) is 49.4 Å². The van der Waals surface area contributed by atoms with Gasteiger partial charge in [0.15, 0.2) is 5.96 Å². The van der Waals surface area contributed by atoms with Crippen molar-refractivity contribution in [3.63, 3.8) is 0 Å². The lowest BCUT2D eigenvalue weighted by molar-refractivity contribution is 0.0950. The van der Waals surface area contributed by atoms with E-state index >= 15 is 0 Å². The third kappa shape index (κ3) is 6.40. The van der Waals surface area contributed by atoms with Crippen molar-refractivity contribution >= 4 is 35.1 Å². The number of amides is 1. The third-order valence-corrected chi connectivity index (χ3v) is 5.76. The summed E-state index contributed by atoms with van der Waals surface area (Å²) in [4.78, 5) is 17.3. The van der Waals surface area contributed by atoms with Gasteiger partial charge in [0.2, 0.25) is 0 Å². The first-order valence-corrected chi connectivity index (χ1v) is 11.3. The number of halogens is 2. The van der Waals surface area contributed by atoms with E-state index in [2.05, 4.69) is 20.9 Å². The van der Waals surface area contributed by atoms with Crippen LogP contribution >= 0.6 is 23.2 Å². The minimum Gasteiger partial charge on any atom is -0.457 e. The molecule has 8 heteroatoms. The Kier molecular flexibility index (Phi) is 7.37. The molecule has 3 aromatic carbocycles. The number of rotatable bonds is 7. The molecule has 0 aliphatic carbocycles. The van der Waals surface area contributed by atoms with Crippen molar-refractivity contribution in [3.05, 3.63) is 93.0 Å². The molecule has 0 saturated heterocycles. The maximum atomic E-state index is 13.0. The van der Waals surface area contributed by atoms with E-state index in [0.29, 0.717) is 40.2 Å². The van der Waals surface area contributed by atoms with E-state index in [9.17, 15) is 4.79 Å². The first-order valence-electron chi connectivity index (χ1n) is 10.6. The molecule has 3 aromatic rings. The van der Waals surface area contributed by atoms with E-state index in [4.69, 9.17) is 27.9 Å². The van der Waals surface area contributed by atoms with E-state index in [0.717, 1.165) is 35.7 Å². The van der Waals surface area contributed by atoms with Gasteiger partial charge in [-0.15, -0.1) is 0 Å². The average molecular weight is 483 g/mol. The van der Waals surface area contributed by atoms with Gasteiger partial charge in [-0.1, -0.05) is 41.4 Å². The minimum absolute atomic E-state index is 0.214. The number of carbonyl (C=O) groups is 1. The van der Waals surface area contributed by atoms with Crippen LogP contribution in [0.3, 0.4) is 0 Å². The standard InChI is InChI=1S/C25H24Cl2N4O2/c1-16-3-2-4-20(9-16)33-21-11-18(15-31-25-28-7-8-29-25)10-19(13-21)24(32)30-14-17-5-6-22(26)23(27)12-17/h2-6,9-13H,7-8,14-15H2,1H3,(H,30,32)(H2,28,29,31). The van der Waals surface area contributed by atoms with Gasteiger partial charge in [0, 0.05) is 25.2 Å². The predicted molar refractivity (Wildman–Crippen MR) is 132 cm³/mol. The molecule has 0 fully saturated rings. The second kappa shape index (κ2) is 10.6. The molecule has 1 heterocycles. The number of guanidine groups is 1. The minimum atomic E-state index is -0.214. The monoisotopic (exact) mass is 482 g/mol. The van der Waals surface area contributed by atoms with Crippen molar-refractivity contribution in [2.45, 2.75) is 20.0 Å². The Bertz CT molecular complexity index is 1200. The smallest absolute Gasteiger partial charge is 0.251 e. The van der Waals surface area contributed by atoms with Gasteiger partial charge >= 0.3 is 0 Å². The van der Waals surface area contributed by atoms with Crippen LogP contribution in [0.25, 0.3) is 0 Å². The normalized spacial score (nSPS) is 12.6. The molecule has 33 heavy (non-hydrogen) atoms. The molecule has 0 radical (unpaired) electrons. The van der Waals surface area contributed by atoms with Gasteiger partial charge in [0.05, 0.1) is 16.6 Å². The molecule has 6 nitrogen and oxygen atoms in total. The second-order valence-corrected chi connectivity index (χ2v) is 8.54. The van der Waals surface area contributed by atoms with Crippen LogP contribution in [0.1, 0.15) is 27.0 Å². The van der Waals surface area contributed by atoms with Crippen molar-refractivity contribution in [1.82, 2.24) is 16.0 Å². The molecule has 170 valence electrons. The largest absolute Gasteiger partial charge is 0.457 e.